The number of nitrogens with zero attached hydrogens (tertiary/aromatic N) is 3. The van der Waals surface area contributed by atoms with Gasteiger partial charge in [0.25, 0.3) is 0 Å². The molecule has 0 saturated carbocycles. The summed E-state index contributed by atoms with van der Waals surface area (Å²) in [4.78, 5) is 4.03. The van der Waals surface area contributed by atoms with E-state index in [0.717, 1.165) is 17.5 Å². The molecule has 0 amide bonds. The van der Waals surface area contributed by atoms with E-state index in [9.17, 15) is 0 Å². The molecule has 0 unspecified atom stereocenters. The highest BCUT2D eigenvalue weighted by molar-refractivity contribution is 6.76. The lowest BCUT2D eigenvalue weighted by atomic mass is 10.3. The molecule has 4 nitrogen and oxygen atoms in total. The fourth-order valence-electron chi connectivity index (χ4n) is 1.55. The summed E-state index contributed by atoms with van der Waals surface area (Å²) < 4.78 is 7.42. The Morgan fingerprint density at radius 2 is 2.17 bits per heavy atom. The average molecular weight is 284 g/mol. The summed E-state index contributed by atoms with van der Waals surface area (Å²) in [5.41, 5.74) is 0.851. The predicted molar refractivity (Wildman–Crippen MR) is 76.6 cm³/mol. The van der Waals surface area contributed by atoms with Gasteiger partial charge in [-0.2, -0.15) is 5.10 Å². The van der Waals surface area contributed by atoms with Crippen LogP contribution in [0, 0.1) is 0 Å². The normalized spacial score (nSPS) is 12.2. The first kappa shape index (κ1) is 13.5. The third-order valence-corrected chi connectivity index (χ3v) is 4.53. The largest absolute Gasteiger partial charge is 0.360 e. The summed E-state index contributed by atoms with van der Waals surface area (Å²) in [7, 11) is -1.02. The number of pyridine rings is 1. The van der Waals surface area contributed by atoms with E-state index in [1.807, 2.05) is 6.20 Å². The number of fused-ring (bicyclic) bond motifs is 1. The van der Waals surface area contributed by atoms with Gasteiger partial charge in [-0.05, 0) is 6.04 Å². The van der Waals surface area contributed by atoms with Crippen molar-refractivity contribution >= 4 is 30.6 Å². The highest BCUT2D eigenvalue weighted by Gasteiger charge is 2.12. The van der Waals surface area contributed by atoms with Crippen LogP contribution >= 0.6 is 11.6 Å². The average Bonchev–Trinajstić information content (AvgIpc) is 2.65. The molecular weight excluding hydrogens is 266 g/mol. The number of hydrogen-bond donors (Lipinski definition) is 0. The number of rotatable bonds is 5. The summed E-state index contributed by atoms with van der Waals surface area (Å²) in [6, 6.07) is 2.93. The lowest BCUT2D eigenvalue weighted by molar-refractivity contribution is 0.0791. The molecule has 0 bridgehead atoms. The van der Waals surface area contributed by atoms with Crippen LogP contribution in [0.15, 0.2) is 18.5 Å². The Balaban J connectivity index is 1.92. The van der Waals surface area contributed by atoms with Crippen LogP contribution in [0.2, 0.25) is 30.8 Å². The van der Waals surface area contributed by atoms with Crippen molar-refractivity contribution in [2.45, 2.75) is 32.4 Å². The summed E-state index contributed by atoms with van der Waals surface area (Å²) >= 11 is 5.82. The van der Waals surface area contributed by atoms with Gasteiger partial charge in [-0.15, -0.1) is 0 Å². The highest BCUT2D eigenvalue weighted by Crippen LogP contribution is 2.15. The van der Waals surface area contributed by atoms with E-state index in [2.05, 4.69) is 29.7 Å². The minimum Gasteiger partial charge on any atom is -0.360 e. The lowest BCUT2D eigenvalue weighted by Gasteiger charge is -2.15. The molecule has 0 fully saturated rings. The third kappa shape index (κ3) is 3.80. The van der Waals surface area contributed by atoms with Crippen LogP contribution in [0.25, 0.3) is 10.9 Å². The first-order valence-corrected chi connectivity index (χ1v) is 10.1. The summed E-state index contributed by atoms with van der Waals surface area (Å²) in [5, 5.41) is 5.83. The van der Waals surface area contributed by atoms with Crippen molar-refractivity contribution in [3.63, 3.8) is 0 Å². The highest BCUT2D eigenvalue weighted by atomic mass is 35.5. The van der Waals surface area contributed by atoms with E-state index >= 15 is 0 Å². The monoisotopic (exact) mass is 283 g/mol. The van der Waals surface area contributed by atoms with Crippen LogP contribution < -0.4 is 0 Å². The summed E-state index contributed by atoms with van der Waals surface area (Å²) in [6.45, 7) is 8.30. The van der Waals surface area contributed by atoms with Crippen molar-refractivity contribution in [2.24, 2.45) is 0 Å². The standard InChI is InChI=1S/C12H18ClN3OSi/c1-18(2,3)5-4-17-9-16-8-10-7-14-12(13)6-11(10)15-16/h6-8H,4-5,9H2,1-3H3. The van der Waals surface area contributed by atoms with Crippen molar-refractivity contribution in [1.29, 1.82) is 0 Å². The van der Waals surface area contributed by atoms with Crippen molar-refractivity contribution in [3.05, 3.63) is 23.6 Å². The van der Waals surface area contributed by atoms with Crippen LogP contribution in [0.1, 0.15) is 0 Å². The van der Waals surface area contributed by atoms with Gasteiger partial charge in [0.2, 0.25) is 0 Å². The Bertz CT molecular complexity index is 536. The smallest absolute Gasteiger partial charge is 0.139 e. The van der Waals surface area contributed by atoms with Crippen molar-refractivity contribution in [3.8, 4) is 0 Å². The molecule has 6 heteroatoms. The number of halogens is 1. The Morgan fingerprint density at radius 1 is 1.39 bits per heavy atom. The molecule has 0 spiro atoms. The lowest BCUT2D eigenvalue weighted by Crippen LogP contribution is -2.22. The molecule has 0 N–H and O–H groups in total. The molecule has 2 aromatic rings. The Labute approximate surface area is 113 Å². The van der Waals surface area contributed by atoms with Crippen molar-refractivity contribution in [1.82, 2.24) is 14.8 Å². The molecule has 0 aliphatic heterocycles. The second-order valence-corrected chi connectivity index (χ2v) is 11.6. The third-order valence-electron chi connectivity index (χ3n) is 2.62. The van der Waals surface area contributed by atoms with Crippen molar-refractivity contribution in [2.75, 3.05) is 6.61 Å². The first-order chi connectivity index (χ1) is 8.44. The summed E-state index contributed by atoms with van der Waals surface area (Å²) in [5.74, 6) is 0. The van der Waals surface area contributed by atoms with E-state index < -0.39 is 8.07 Å². The SMILES string of the molecule is C[Si](C)(C)CCOCn1cc2cnc(Cl)cc2n1. The van der Waals surface area contributed by atoms with Gasteiger partial charge in [0.05, 0.1) is 5.52 Å². The molecule has 0 saturated heterocycles. The molecule has 2 heterocycles. The van der Waals surface area contributed by atoms with Crippen LogP contribution in [0.3, 0.4) is 0 Å². The van der Waals surface area contributed by atoms with Gasteiger partial charge < -0.3 is 4.74 Å². The maximum Gasteiger partial charge on any atom is 0.139 e. The van der Waals surface area contributed by atoms with E-state index in [-0.39, 0.29) is 0 Å². The molecule has 2 rings (SSSR count). The van der Waals surface area contributed by atoms with E-state index in [4.69, 9.17) is 16.3 Å². The Morgan fingerprint density at radius 3 is 2.89 bits per heavy atom. The van der Waals surface area contributed by atoms with Crippen molar-refractivity contribution < 1.29 is 4.74 Å². The Hall–Kier alpha value is -0.913. The van der Waals surface area contributed by atoms with Gasteiger partial charge in [-0.1, -0.05) is 31.2 Å². The summed E-state index contributed by atoms with van der Waals surface area (Å²) in [6.07, 6.45) is 3.65. The molecule has 18 heavy (non-hydrogen) atoms. The molecule has 0 aliphatic carbocycles. The zero-order chi connectivity index (χ0) is 13.2. The number of aromatic nitrogens is 3. The number of hydrogen-bond acceptors (Lipinski definition) is 3. The van der Waals surface area contributed by atoms with Gasteiger partial charge in [0.1, 0.15) is 11.9 Å². The minimum atomic E-state index is -1.02. The minimum absolute atomic E-state index is 0.465. The van der Waals surface area contributed by atoms with Gasteiger partial charge in [0.15, 0.2) is 0 Å². The van der Waals surface area contributed by atoms with Crippen LogP contribution in [0.4, 0.5) is 0 Å². The zero-order valence-corrected chi connectivity index (χ0v) is 12.7. The van der Waals surface area contributed by atoms with E-state index in [1.54, 1.807) is 16.9 Å². The zero-order valence-electron chi connectivity index (χ0n) is 11.0. The maximum atomic E-state index is 5.82. The second kappa shape index (κ2) is 5.38. The topological polar surface area (TPSA) is 39.9 Å². The van der Waals surface area contributed by atoms with Crippen LogP contribution in [-0.4, -0.2) is 29.4 Å². The second-order valence-electron chi connectivity index (χ2n) is 5.58. The molecule has 2 aromatic heterocycles. The molecule has 0 aromatic carbocycles. The molecule has 0 aliphatic rings. The van der Waals surface area contributed by atoms with E-state index in [1.165, 1.54) is 6.04 Å². The number of ether oxygens (including phenoxy) is 1. The Kier molecular flexibility index (Phi) is 4.04. The van der Waals surface area contributed by atoms with Gasteiger partial charge in [0, 0.05) is 38.5 Å². The predicted octanol–water partition coefficient (Wildman–Crippen LogP) is 3.40. The van der Waals surface area contributed by atoms with Gasteiger partial charge >= 0.3 is 0 Å². The quantitative estimate of drug-likeness (QED) is 0.480. The van der Waals surface area contributed by atoms with E-state index in [0.29, 0.717) is 11.9 Å². The molecule has 0 radical (unpaired) electrons. The van der Waals surface area contributed by atoms with Gasteiger partial charge in [-0.25, -0.2) is 9.67 Å². The molecule has 0 atom stereocenters. The molecular formula is C12H18ClN3OSi. The maximum absolute atomic E-state index is 5.82. The fraction of sp³-hybridized carbons (Fsp3) is 0.500. The first-order valence-electron chi connectivity index (χ1n) is 6.00. The van der Waals surface area contributed by atoms with Crippen LogP contribution in [0.5, 0.6) is 0 Å². The van der Waals surface area contributed by atoms with Crippen LogP contribution in [-0.2, 0) is 11.5 Å². The molecule has 98 valence electrons. The van der Waals surface area contributed by atoms with Gasteiger partial charge in [-0.3, -0.25) is 0 Å². The fourth-order valence-corrected chi connectivity index (χ4v) is 2.46.